The summed E-state index contributed by atoms with van der Waals surface area (Å²) in [6.07, 6.45) is 1.47. The second-order valence-electron chi connectivity index (χ2n) is 6.63. The van der Waals surface area contributed by atoms with Crippen LogP contribution in [0.25, 0.3) is 17.4 Å². The molecule has 3 aromatic heterocycles. The van der Waals surface area contributed by atoms with Gasteiger partial charge in [0.25, 0.3) is 17.2 Å². The Kier molecular flexibility index (Phi) is 4.91. The Balaban J connectivity index is 1.81. The number of aromatic nitrogens is 4. The van der Waals surface area contributed by atoms with Crippen LogP contribution in [0.3, 0.4) is 0 Å². The molecule has 4 rings (SSSR count). The highest BCUT2D eigenvalue weighted by atomic mass is 16.6. The number of H-pyrrole nitrogens is 1. The molecule has 156 valence electrons. The molecule has 0 aliphatic heterocycles. The van der Waals surface area contributed by atoms with E-state index in [0.717, 1.165) is 0 Å². The molecule has 4 aromatic rings. The van der Waals surface area contributed by atoms with Gasteiger partial charge in [0.1, 0.15) is 17.1 Å². The molecule has 3 heterocycles. The maximum atomic E-state index is 12.8. The van der Waals surface area contributed by atoms with Crippen molar-refractivity contribution in [2.24, 2.45) is 0 Å². The van der Waals surface area contributed by atoms with E-state index in [2.05, 4.69) is 20.4 Å². The van der Waals surface area contributed by atoms with Gasteiger partial charge in [0.2, 0.25) is 5.95 Å². The Bertz CT molecular complexity index is 1350. The highest BCUT2D eigenvalue weighted by Crippen LogP contribution is 2.25. The maximum absolute atomic E-state index is 12.8. The number of aryl methyl sites for hydroxylation is 1. The fraction of sp³-hybridized carbons (Fsp3) is 0.100. The van der Waals surface area contributed by atoms with E-state index in [0.29, 0.717) is 22.7 Å². The molecule has 31 heavy (non-hydrogen) atoms. The molecule has 11 heteroatoms. The Labute approximate surface area is 174 Å². The van der Waals surface area contributed by atoms with Crippen molar-refractivity contribution in [3.05, 3.63) is 86.0 Å². The van der Waals surface area contributed by atoms with E-state index in [4.69, 9.17) is 4.42 Å². The van der Waals surface area contributed by atoms with E-state index in [1.807, 2.05) is 0 Å². The molecule has 0 atom stereocenters. The van der Waals surface area contributed by atoms with Crippen molar-refractivity contribution in [1.82, 2.24) is 19.7 Å². The van der Waals surface area contributed by atoms with E-state index >= 15 is 0 Å². The van der Waals surface area contributed by atoms with E-state index in [1.54, 1.807) is 26.0 Å². The number of nitro groups is 1. The molecule has 0 unspecified atom stereocenters. The van der Waals surface area contributed by atoms with Crippen molar-refractivity contribution in [2.45, 2.75) is 13.8 Å². The number of nitrogens with zero attached hydrogens (tertiary/aromatic N) is 4. The Hall–Kier alpha value is -4.54. The number of benzene rings is 1. The third kappa shape index (κ3) is 3.71. The third-order valence-corrected chi connectivity index (χ3v) is 4.65. The zero-order valence-corrected chi connectivity index (χ0v) is 16.4. The lowest BCUT2D eigenvalue weighted by atomic mass is 10.1. The lowest BCUT2D eigenvalue weighted by Crippen LogP contribution is -2.21. The highest BCUT2D eigenvalue weighted by molar-refractivity contribution is 6.06. The number of amides is 1. The first kappa shape index (κ1) is 19.8. The summed E-state index contributed by atoms with van der Waals surface area (Å²) in [7, 11) is 0. The SMILES string of the molecule is Cc1nc(-n2nc(-c3ccco3)cc2NC(=O)c2ccccc2[N+](=O)[O-])[nH]c(=O)c1C. The molecule has 0 fully saturated rings. The summed E-state index contributed by atoms with van der Waals surface area (Å²) in [5.74, 6) is -0.0820. The average Bonchev–Trinajstić information content (AvgIpc) is 3.41. The number of hydrogen-bond acceptors (Lipinski definition) is 7. The molecule has 0 saturated heterocycles. The van der Waals surface area contributed by atoms with Gasteiger partial charge in [-0.3, -0.25) is 24.7 Å². The van der Waals surface area contributed by atoms with Crippen LogP contribution in [0.15, 0.2) is 57.9 Å². The van der Waals surface area contributed by atoms with Crippen LogP contribution in [0.4, 0.5) is 11.5 Å². The predicted octanol–water partition coefficient (Wildman–Crippen LogP) is 2.99. The number of nitro benzene ring substituents is 1. The van der Waals surface area contributed by atoms with Crippen molar-refractivity contribution >= 4 is 17.4 Å². The minimum atomic E-state index is -0.717. The summed E-state index contributed by atoms with van der Waals surface area (Å²) in [6, 6.07) is 10.4. The summed E-state index contributed by atoms with van der Waals surface area (Å²) < 4.78 is 6.59. The number of carbonyl (C=O) groups is 1. The van der Waals surface area contributed by atoms with E-state index in [1.165, 1.54) is 41.3 Å². The van der Waals surface area contributed by atoms with Gasteiger partial charge in [0, 0.05) is 23.4 Å². The number of para-hydroxylation sites is 1. The standard InChI is InChI=1S/C20H16N6O5/c1-11-12(2)21-20(23-18(11)27)25-17(10-14(24-25)16-8-5-9-31-16)22-19(28)13-6-3-4-7-15(13)26(29)30/h3-10H,1-2H3,(H,22,28)(H,21,23,27). The number of rotatable bonds is 5. The molecule has 0 bridgehead atoms. The van der Waals surface area contributed by atoms with Crippen LogP contribution in [-0.2, 0) is 0 Å². The molecular formula is C20H16N6O5. The van der Waals surface area contributed by atoms with E-state index in [-0.39, 0.29) is 28.6 Å². The zero-order valence-electron chi connectivity index (χ0n) is 16.4. The predicted molar refractivity (Wildman–Crippen MR) is 110 cm³/mol. The quantitative estimate of drug-likeness (QED) is 0.372. The first-order valence-electron chi connectivity index (χ1n) is 9.11. The van der Waals surface area contributed by atoms with Crippen LogP contribution >= 0.6 is 0 Å². The van der Waals surface area contributed by atoms with Crippen molar-refractivity contribution in [2.75, 3.05) is 5.32 Å². The molecule has 0 aliphatic rings. The van der Waals surface area contributed by atoms with Crippen molar-refractivity contribution in [3.8, 4) is 17.4 Å². The van der Waals surface area contributed by atoms with Crippen molar-refractivity contribution in [3.63, 3.8) is 0 Å². The van der Waals surface area contributed by atoms with Gasteiger partial charge in [-0.2, -0.15) is 9.78 Å². The number of aromatic amines is 1. The summed E-state index contributed by atoms with van der Waals surface area (Å²) in [6.45, 7) is 3.32. The summed E-state index contributed by atoms with van der Waals surface area (Å²) in [5, 5.41) is 18.3. The molecule has 0 radical (unpaired) electrons. The number of furan rings is 1. The van der Waals surface area contributed by atoms with Gasteiger partial charge in [-0.15, -0.1) is 0 Å². The van der Waals surface area contributed by atoms with Gasteiger partial charge < -0.3 is 9.73 Å². The average molecular weight is 420 g/mol. The molecule has 1 aromatic carbocycles. The second kappa shape index (κ2) is 7.71. The van der Waals surface area contributed by atoms with Crippen molar-refractivity contribution in [1.29, 1.82) is 0 Å². The van der Waals surface area contributed by atoms with Crippen molar-refractivity contribution < 1.29 is 14.1 Å². The minimum Gasteiger partial charge on any atom is -0.463 e. The summed E-state index contributed by atoms with van der Waals surface area (Å²) in [4.78, 5) is 42.7. The van der Waals surface area contributed by atoms with Crippen LogP contribution in [0, 0.1) is 24.0 Å². The van der Waals surface area contributed by atoms with Gasteiger partial charge in [-0.05, 0) is 32.0 Å². The second-order valence-corrected chi connectivity index (χ2v) is 6.63. The third-order valence-electron chi connectivity index (χ3n) is 4.65. The lowest BCUT2D eigenvalue weighted by Gasteiger charge is -2.09. The minimum absolute atomic E-state index is 0.0729. The smallest absolute Gasteiger partial charge is 0.282 e. The topological polar surface area (TPSA) is 149 Å². The van der Waals surface area contributed by atoms with Crippen LogP contribution in [0.2, 0.25) is 0 Å². The van der Waals surface area contributed by atoms with Crippen LogP contribution in [0.5, 0.6) is 0 Å². The Morgan fingerprint density at radius 2 is 2.00 bits per heavy atom. The molecule has 0 spiro atoms. The molecule has 2 N–H and O–H groups in total. The summed E-state index contributed by atoms with van der Waals surface area (Å²) in [5.41, 5.74) is 0.492. The van der Waals surface area contributed by atoms with Crippen LogP contribution < -0.4 is 10.9 Å². The first-order chi connectivity index (χ1) is 14.8. The van der Waals surface area contributed by atoms with Gasteiger partial charge in [-0.1, -0.05) is 12.1 Å². The Morgan fingerprint density at radius 3 is 2.68 bits per heavy atom. The number of anilines is 1. The zero-order chi connectivity index (χ0) is 22.1. The largest absolute Gasteiger partial charge is 0.463 e. The highest BCUT2D eigenvalue weighted by Gasteiger charge is 2.22. The molecule has 1 amide bonds. The van der Waals surface area contributed by atoms with Gasteiger partial charge >= 0.3 is 0 Å². The van der Waals surface area contributed by atoms with Gasteiger partial charge in [-0.25, -0.2) is 4.98 Å². The summed E-state index contributed by atoms with van der Waals surface area (Å²) >= 11 is 0. The fourth-order valence-corrected chi connectivity index (χ4v) is 2.92. The molecular weight excluding hydrogens is 404 g/mol. The molecule has 0 aliphatic carbocycles. The number of hydrogen-bond donors (Lipinski definition) is 2. The van der Waals surface area contributed by atoms with Crippen LogP contribution in [0.1, 0.15) is 21.6 Å². The molecule has 0 saturated carbocycles. The number of nitrogens with one attached hydrogen (secondary N) is 2. The lowest BCUT2D eigenvalue weighted by molar-refractivity contribution is -0.385. The monoisotopic (exact) mass is 420 g/mol. The van der Waals surface area contributed by atoms with E-state index in [9.17, 15) is 19.7 Å². The fourth-order valence-electron chi connectivity index (χ4n) is 2.92. The van der Waals surface area contributed by atoms with Crippen LogP contribution in [-0.4, -0.2) is 30.6 Å². The molecule has 11 nitrogen and oxygen atoms in total. The van der Waals surface area contributed by atoms with Gasteiger partial charge in [0.15, 0.2) is 5.76 Å². The van der Waals surface area contributed by atoms with E-state index < -0.39 is 10.8 Å². The number of carbonyl (C=O) groups excluding carboxylic acids is 1. The van der Waals surface area contributed by atoms with Gasteiger partial charge in [0.05, 0.1) is 11.2 Å². The Morgan fingerprint density at radius 1 is 1.23 bits per heavy atom. The first-order valence-corrected chi connectivity index (χ1v) is 9.11. The normalized spacial score (nSPS) is 10.8. The maximum Gasteiger partial charge on any atom is 0.282 e.